The number of halogens is 1. The minimum absolute atomic E-state index is 0.0623. The molecule has 21 heavy (non-hydrogen) atoms. The van der Waals surface area contributed by atoms with Crippen LogP contribution in [0.25, 0.3) is 0 Å². The number of anilines is 2. The fraction of sp³-hybridized carbons (Fsp3) is 0.533. The molecule has 0 atom stereocenters. The van der Waals surface area contributed by atoms with Crippen molar-refractivity contribution in [1.29, 1.82) is 0 Å². The van der Waals surface area contributed by atoms with Crippen LogP contribution >= 0.6 is 0 Å². The third kappa shape index (κ3) is 3.26. The number of esters is 1. The van der Waals surface area contributed by atoms with E-state index in [1.165, 1.54) is 6.07 Å². The predicted octanol–water partition coefficient (Wildman–Crippen LogP) is 1.94. The molecule has 1 saturated carbocycles. The number of benzene rings is 1. The SMILES string of the molecule is CCOC(=O)c1cc(N(CCO)C2CCC2)c(F)cc1N. The summed E-state index contributed by atoms with van der Waals surface area (Å²) in [6.45, 7) is 2.18. The Labute approximate surface area is 123 Å². The lowest BCUT2D eigenvalue weighted by atomic mass is 9.90. The lowest BCUT2D eigenvalue weighted by Crippen LogP contribution is -2.42. The second-order valence-electron chi connectivity index (χ2n) is 5.11. The summed E-state index contributed by atoms with van der Waals surface area (Å²) < 4.78 is 19.2. The molecule has 1 aliphatic rings. The molecule has 0 saturated heterocycles. The lowest BCUT2D eigenvalue weighted by molar-refractivity contribution is 0.0527. The highest BCUT2D eigenvalue weighted by molar-refractivity contribution is 5.96. The van der Waals surface area contributed by atoms with Gasteiger partial charge >= 0.3 is 5.97 Å². The van der Waals surface area contributed by atoms with E-state index < -0.39 is 11.8 Å². The van der Waals surface area contributed by atoms with Gasteiger partial charge in [-0.05, 0) is 38.3 Å². The summed E-state index contributed by atoms with van der Waals surface area (Å²) in [7, 11) is 0. The van der Waals surface area contributed by atoms with Crippen molar-refractivity contribution < 1.29 is 19.0 Å². The van der Waals surface area contributed by atoms with Gasteiger partial charge in [0, 0.05) is 18.3 Å². The average Bonchev–Trinajstić information content (AvgIpc) is 2.36. The van der Waals surface area contributed by atoms with Gasteiger partial charge in [-0.1, -0.05) is 0 Å². The molecule has 6 heteroatoms. The number of nitrogens with zero attached hydrogens (tertiary/aromatic N) is 1. The lowest BCUT2D eigenvalue weighted by Gasteiger charge is -2.39. The first-order chi connectivity index (χ1) is 10.1. The quantitative estimate of drug-likeness (QED) is 0.620. The van der Waals surface area contributed by atoms with Crippen molar-refractivity contribution >= 4 is 17.3 Å². The predicted molar refractivity (Wildman–Crippen MR) is 78.8 cm³/mol. The maximum Gasteiger partial charge on any atom is 0.340 e. The number of hydrogen-bond donors (Lipinski definition) is 2. The van der Waals surface area contributed by atoms with E-state index in [2.05, 4.69) is 0 Å². The van der Waals surface area contributed by atoms with Gasteiger partial charge in [-0.3, -0.25) is 0 Å². The summed E-state index contributed by atoms with van der Waals surface area (Å²) >= 11 is 0. The highest BCUT2D eigenvalue weighted by atomic mass is 19.1. The van der Waals surface area contributed by atoms with Crippen LogP contribution in [-0.2, 0) is 4.74 Å². The first-order valence-electron chi connectivity index (χ1n) is 7.22. The van der Waals surface area contributed by atoms with Crippen LogP contribution in [0.5, 0.6) is 0 Å². The van der Waals surface area contributed by atoms with Gasteiger partial charge in [0.05, 0.1) is 24.5 Å². The Morgan fingerprint density at radius 1 is 1.52 bits per heavy atom. The summed E-state index contributed by atoms with van der Waals surface area (Å²) in [5.74, 6) is -1.05. The molecule has 1 aromatic carbocycles. The monoisotopic (exact) mass is 296 g/mol. The van der Waals surface area contributed by atoms with E-state index in [4.69, 9.17) is 10.5 Å². The van der Waals surface area contributed by atoms with Crippen LogP contribution in [0.4, 0.5) is 15.8 Å². The van der Waals surface area contributed by atoms with Crippen LogP contribution in [0.15, 0.2) is 12.1 Å². The van der Waals surface area contributed by atoms with Gasteiger partial charge in [-0.15, -0.1) is 0 Å². The molecular formula is C15H21FN2O3. The van der Waals surface area contributed by atoms with E-state index in [0.29, 0.717) is 12.2 Å². The van der Waals surface area contributed by atoms with Crippen molar-refractivity contribution in [3.8, 4) is 0 Å². The normalized spacial score (nSPS) is 14.6. The number of nitrogen functional groups attached to an aromatic ring is 1. The van der Waals surface area contributed by atoms with E-state index >= 15 is 0 Å². The standard InChI is InChI=1S/C15H21FN2O3/c1-2-21-15(20)11-8-14(12(16)9-13(11)17)18(6-7-19)10-4-3-5-10/h8-10,19H,2-7,17H2,1H3. The first kappa shape index (κ1) is 15.6. The number of aliphatic hydroxyl groups is 1. The number of carbonyl (C=O) groups is 1. The van der Waals surface area contributed by atoms with E-state index in [1.807, 2.05) is 0 Å². The number of carbonyl (C=O) groups excluding carboxylic acids is 1. The van der Waals surface area contributed by atoms with Gasteiger partial charge < -0.3 is 20.5 Å². The van der Waals surface area contributed by atoms with Gasteiger partial charge in [0.1, 0.15) is 5.82 Å². The maximum absolute atomic E-state index is 14.2. The number of hydrogen-bond acceptors (Lipinski definition) is 5. The van der Waals surface area contributed by atoms with Crippen LogP contribution in [0.3, 0.4) is 0 Å². The topological polar surface area (TPSA) is 75.8 Å². The molecule has 0 heterocycles. The third-order valence-corrected chi connectivity index (χ3v) is 3.78. The molecule has 1 aliphatic carbocycles. The van der Waals surface area contributed by atoms with Crippen molar-refractivity contribution in [3.05, 3.63) is 23.5 Å². The zero-order chi connectivity index (χ0) is 15.4. The average molecular weight is 296 g/mol. The number of nitrogens with two attached hydrogens (primary N) is 1. The van der Waals surface area contributed by atoms with Gasteiger partial charge in [0.25, 0.3) is 0 Å². The van der Waals surface area contributed by atoms with Crippen LogP contribution in [0, 0.1) is 5.82 Å². The van der Waals surface area contributed by atoms with Crippen LogP contribution in [-0.4, -0.2) is 36.9 Å². The molecule has 1 fully saturated rings. The molecular weight excluding hydrogens is 275 g/mol. The molecule has 2 rings (SSSR count). The molecule has 3 N–H and O–H groups in total. The summed E-state index contributed by atoms with van der Waals surface area (Å²) in [6.07, 6.45) is 3.00. The largest absolute Gasteiger partial charge is 0.462 e. The molecule has 0 bridgehead atoms. The Hall–Kier alpha value is -1.82. The van der Waals surface area contributed by atoms with E-state index in [0.717, 1.165) is 25.3 Å². The molecule has 0 aromatic heterocycles. The maximum atomic E-state index is 14.2. The second-order valence-corrected chi connectivity index (χ2v) is 5.11. The van der Waals surface area contributed by atoms with Gasteiger partial charge in [-0.2, -0.15) is 0 Å². The summed E-state index contributed by atoms with van der Waals surface area (Å²) in [5, 5.41) is 9.19. The Morgan fingerprint density at radius 3 is 2.76 bits per heavy atom. The molecule has 1 aromatic rings. The molecule has 0 radical (unpaired) electrons. The van der Waals surface area contributed by atoms with Gasteiger partial charge in [0.2, 0.25) is 0 Å². The highest BCUT2D eigenvalue weighted by Gasteiger charge is 2.28. The molecule has 5 nitrogen and oxygen atoms in total. The fourth-order valence-electron chi connectivity index (χ4n) is 2.49. The minimum atomic E-state index is -0.561. The van der Waals surface area contributed by atoms with Crippen LogP contribution < -0.4 is 10.6 Å². The molecule has 0 aliphatic heterocycles. The third-order valence-electron chi connectivity index (χ3n) is 3.78. The summed E-state index contributed by atoms with van der Waals surface area (Å²) in [6, 6.07) is 2.77. The smallest absolute Gasteiger partial charge is 0.340 e. The Bertz CT molecular complexity index is 518. The van der Waals surface area contributed by atoms with Crippen molar-refractivity contribution in [2.45, 2.75) is 32.2 Å². The summed E-state index contributed by atoms with van der Waals surface area (Å²) in [5.41, 5.74) is 6.23. The highest BCUT2D eigenvalue weighted by Crippen LogP contribution is 2.33. The Kier molecular flexibility index (Phi) is 5.01. The number of aliphatic hydroxyl groups excluding tert-OH is 1. The second kappa shape index (κ2) is 6.76. The molecule has 0 amide bonds. The van der Waals surface area contributed by atoms with Crippen LogP contribution in [0.1, 0.15) is 36.5 Å². The summed E-state index contributed by atoms with van der Waals surface area (Å²) in [4.78, 5) is 13.7. The zero-order valence-electron chi connectivity index (χ0n) is 12.1. The molecule has 0 spiro atoms. The van der Waals surface area contributed by atoms with E-state index in [-0.39, 0.29) is 30.5 Å². The number of rotatable bonds is 6. The Balaban J connectivity index is 2.36. The fourth-order valence-corrected chi connectivity index (χ4v) is 2.49. The van der Waals surface area contributed by atoms with Gasteiger partial charge in [-0.25, -0.2) is 9.18 Å². The van der Waals surface area contributed by atoms with Gasteiger partial charge in [0.15, 0.2) is 0 Å². The number of ether oxygens (including phenoxy) is 1. The van der Waals surface area contributed by atoms with E-state index in [9.17, 15) is 14.3 Å². The zero-order valence-corrected chi connectivity index (χ0v) is 12.1. The van der Waals surface area contributed by atoms with Crippen molar-refractivity contribution in [1.82, 2.24) is 0 Å². The minimum Gasteiger partial charge on any atom is -0.462 e. The van der Waals surface area contributed by atoms with Crippen molar-refractivity contribution in [2.24, 2.45) is 0 Å². The molecule has 116 valence electrons. The van der Waals surface area contributed by atoms with E-state index in [1.54, 1.807) is 11.8 Å². The van der Waals surface area contributed by atoms with Crippen molar-refractivity contribution in [2.75, 3.05) is 30.4 Å². The Morgan fingerprint density at radius 2 is 2.24 bits per heavy atom. The molecule has 0 unspecified atom stereocenters. The van der Waals surface area contributed by atoms with Crippen molar-refractivity contribution in [3.63, 3.8) is 0 Å². The first-order valence-corrected chi connectivity index (χ1v) is 7.22. The van der Waals surface area contributed by atoms with Crippen LogP contribution in [0.2, 0.25) is 0 Å².